The second-order valence-corrected chi connectivity index (χ2v) is 4.42. The predicted octanol–water partition coefficient (Wildman–Crippen LogP) is 3.29. The van der Waals surface area contributed by atoms with Gasteiger partial charge >= 0.3 is 5.69 Å². The number of benzene rings is 2. The normalized spacial score (nSPS) is 10.2. The van der Waals surface area contributed by atoms with Gasteiger partial charge in [-0.2, -0.15) is 0 Å². The third-order valence-electron chi connectivity index (χ3n) is 2.89. The van der Waals surface area contributed by atoms with Gasteiger partial charge in [0.05, 0.1) is 4.92 Å². The molecule has 20 heavy (non-hydrogen) atoms. The van der Waals surface area contributed by atoms with Crippen LogP contribution in [0, 0.1) is 24.0 Å². The second kappa shape index (κ2) is 5.58. The van der Waals surface area contributed by atoms with Crippen LogP contribution in [-0.4, -0.2) is 4.92 Å². The first-order valence-electron chi connectivity index (χ1n) is 6.02. The molecule has 6 nitrogen and oxygen atoms in total. The molecule has 2 rings (SSSR count). The van der Waals surface area contributed by atoms with Crippen LogP contribution in [0.3, 0.4) is 0 Å². The highest BCUT2D eigenvalue weighted by Gasteiger charge is 2.21. The van der Waals surface area contributed by atoms with Crippen LogP contribution in [0.2, 0.25) is 0 Å². The van der Waals surface area contributed by atoms with Crippen molar-refractivity contribution in [2.24, 2.45) is 5.84 Å². The number of anilines is 1. The number of hydrogen-bond donors (Lipinski definition) is 2. The quantitative estimate of drug-likeness (QED) is 0.506. The lowest BCUT2D eigenvalue weighted by atomic mass is 10.1. The Morgan fingerprint density at radius 3 is 2.55 bits per heavy atom. The molecule has 0 heterocycles. The van der Waals surface area contributed by atoms with Gasteiger partial charge in [-0.3, -0.25) is 16.0 Å². The predicted molar refractivity (Wildman–Crippen MR) is 76.9 cm³/mol. The average molecular weight is 273 g/mol. The summed E-state index contributed by atoms with van der Waals surface area (Å²) in [5.74, 6) is 6.02. The molecule has 0 atom stereocenters. The lowest BCUT2D eigenvalue weighted by molar-refractivity contribution is -0.384. The zero-order chi connectivity index (χ0) is 14.7. The summed E-state index contributed by atoms with van der Waals surface area (Å²) in [6.45, 7) is 3.86. The molecule has 0 aliphatic heterocycles. The first-order chi connectivity index (χ1) is 9.52. The Balaban J connectivity index is 2.45. The Morgan fingerprint density at radius 1 is 1.20 bits per heavy atom. The van der Waals surface area contributed by atoms with Gasteiger partial charge in [0.1, 0.15) is 11.4 Å². The van der Waals surface area contributed by atoms with Gasteiger partial charge < -0.3 is 10.2 Å². The zero-order valence-corrected chi connectivity index (χ0v) is 11.2. The van der Waals surface area contributed by atoms with Gasteiger partial charge in [-0.25, -0.2) is 0 Å². The SMILES string of the molecule is Cc1ccc(Oc2cccc(NN)c2[N+](=O)[O-])c(C)c1. The van der Waals surface area contributed by atoms with Gasteiger partial charge in [-0.1, -0.05) is 23.8 Å². The van der Waals surface area contributed by atoms with Crippen LogP contribution in [-0.2, 0) is 0 Å². The third-order valence-corrected chi connectivity index (χ3v) is 2.89. The molecule has 2 aromatic carbocycles. The molecular formula is C14H15N3O3. The monoisotopic (exact) mass is 273 g/mol. The van der Waals surface area contributed by atoms with Gasteiger partial charge in [0.25, 0.3) is 0 Å². The number of hydrazine groups is 1. The van der Waals surface area contributed by atoms with E-state index < -0.39 is 4.92 Å². The van der Waals surface area contributed by atoms with E-state index in [0.717, 1.165) is 11.1 Å². The van der Waals surface area contributed by atoms with Gasteiger partial charge in [-0.15, -0.1) is 0 Å². The highest BCUT2D eigenvalue weighted by atomic mass is 16.6. The van der Waals surface area contributed by atoms with E-state index in [2.05, 4.69) is 5.43 Å². The van der Waals surface area contributed by atoms with Gasteiger partial charge in [0, 0.05) is 0 Å². The van der Waals surface area contributed by atoms with Crippen molar-refractivity contribution < 1.29 is 9.66 Å². The summed E-state index contributed by atoms with van der Waals surface area (Å²) < 4.78 is 5.66. The number of rotatable bonds is 4. The summed E-state index contributed by atoms with van der Waals surface area (Å²) >= 11 is 0. The summed E-state index contributed by atoms with van der Waals surface area (Å²) in [7, 11) is 0. The van der Waals surface area contributed by atoms with Crippen LogP contribution in [0.15, 0.2) is 36.4 Å². The molecule has 104 valence electrons. The molecule has 0 unspecified atom stereocenters. The van der Waals surface area contributed by atoms with Crippen molar-refractivity contribution in [3.8, 4) is 11.5 Å². The van der Waals surface area contributed by atoms with Crippen LogP contribution >= 0.6 is 0 Å². The minimum absolute atomic E-state index is 0.150. The molecule has 0 aliphatic rings. The Kier molecular flexibility index (Phi) is 3.86. The Labute approximate surface area is 116 Å². The number of para-hydroxylation sites is 1. The molecule has 0 spiro atoms. The number of hydrogen-bond acceptors (Lipinski definition) is 5. The Hall–Kier alpha value is -2.60. The first-order valence-corrected chi connectivity index (χ1v) is 6.02. The molecule has 0 amide bonds. The van der Waals surface area contributed by atoms with Gasteiger partial charge in [0.2, 0.25) is 5.75 Å². The van der Waals surface area contributed by atoms with E-state index in [4.69, 9.17) is 10.6 Å². The maximum absolute atomic E-state index is 11.2. The van der Waals surface area contributed by atoms with Crippen molar-refractivity contribution >= 4 is 11.4 Å². The van der Waals surface area contributed by atoms with E-state index in [-0.39, 0.29) is 17.1 Å². The smallest absolute Gasteiger partial charge is 0.335 e. The summed E-state index contributed by atoms with van der Waals surface area (Å²) in [5.41, 5.74) is 4.33. The van der Waals surface area contributed by atoms with Gasteiger partial charge in [0.15, 0.2) is 0 Å². The summed E-state index contributed by atoms with van der Waals surface area (Å²) in [6, 6.07) is 10.3. The van der Waals surface area contributed by atoms with Crippen molar-refractivity contribution in [1.29, 1.82) is 0 Å². The van der Waals surface area contributed by atoms with Crippen LogP contribution < -0.4 is 16.0 Å². The highest BCUT2D eigenvalue weighted by Crippen LogP contribution is 2.37. The fraction of sp³-hybridized carbons (Fsp3) is 0.143. The molecule has 0 radical (unpaired) electrons. The summed E-state index contributed by atoms with van der Waals surface area (Å²) in [4.78, 5) is 10.6. The molecule has 0 bridgehead atoms. The van der Waals surface area contributed by atoms with Crippen LogP contribution in [0.5, 0.6) is 11.5 Å². The number of nitrogens with two attached hydrogens (primary N) is 1. The van der Waals surface area contributed by atoms with Crippen molar-refractivity contribution in [3.05, 3.63) is 57.6 Å². The molecule has 0 fully saturated rings. The number of nitro groups is 1. The van der Waals surface area contributed by atoms with E-state index in [9.17, 15) is 10.1 Å². The lowest BCUT2D eigenvalue weighted by Gasteiger charge is -2.11. The lowest BCUT2D eigenvalue weighted by Crippen LogP contribution is -2.09. The van der Waals surface area contributed by atoms with Crippen molar-refractivity contribution in [2.45, 2.75) is 13.8 Å². The largest absolute Gasteiger partial charge is 0.450 e. The molecular weight excluding hydrogens is 258 g/mol. The first kappa shape index (κ1) is 13.8. The van der Waals surface area contributed by atoms with E-state index in [1.165, 1.54) is 12.1 Å². The number of nitrogens with one attached hydrogen (secondary N) is 1. The Morgan fingerprint density at radius 2 is 1.95 bits per heavy atom. The maximum atomic E-state index is 11.2. The molecule has 6 heteroatoms. The fourth-order valence-electron chi connectivity index (χ4n) is 1.94. The van der Waals surface area contributed by atoms with Crippen molar-refractivity contribution in [3.63, 3.8) is 0 Å². The van der Waals surface area contributed by atoms with Crippen LogP contribution in [0.1, 0.15) is 11.1 Å². The highest BCUT2D eigenvalue weighted by molar-refractivity contribution is 5.68. The molecule has 3 N–H and O–H groups in total. The molecule has 0 aromatic heterocycles. The second-order valence-electron chi connectivity index (χ2n) is 4.42. The van der Waals surface area contributed by atoms with E-state index >= 15 is 0 Å². The molecule has 0 aliphatic carbocycles. The van der Waals surface area contributed by atoms with Gasteiger partial charge in [-0.05, 0) is 37.6 Å². The topological polar surface area (TPSA) is 90.4 Å². The number of ether oxygens (including phenoxy) is 1. The number of nitrogens with zero attached hydrogens (tertiary/aromatic N) is 1. The minimum Gasteiger partial charge on any atom is -0.450 e. The van der Waals surface area contributed by atoms with Crippen LogP contribution in [0.25, 0.3) is 0 Å². The minimum atomic E-state index is -0.520. The standard InChI is InChI=1S/C14H15N3O3/c1-9-6-7-12(10(2)8-9)20-13-5-3-4-11(16-15)14(13)17(18)19/h3-8,16H,15H2,1-2H3. The zero-order valence-electron chi connectivity index (χ0n) is 11.2. The average Bonchev–Trinajstić information content (AvgIpc) is 2.41. The third kappa shape index (κ3) is 2.70. The molecule has 0 saturated carbocycles. The fourth-order valence-corrected chi connectivity index (χ4v) is 1.94. The number of aryl methyl sites for hydroxylation is 2. The molecule has 0 saturated heterocycles. The summed E-state index contributed by atoms with van der Waals surface area (Å²) in [5, 5.41) is 11.2. The molecule has 2 aromatic rings. The van der Waals surface area contributed by atoms with E-state index in [0.29, 0.717) is 5.75 Å². The Bertz CT molecular complexity index is 656. The number of nitrogen functional groups attached to an aromatic ring is 1. The number of nitro benzene ring substituents is 1. The van der Waals surface area contributed by atoms with E-state index in [1.54, 1.807) is 12.1 Å². The van der Waals surface area contributed by atoms with Crippen LogP contribution in [0.4, 0.5) is 11.4 Å². The maximum Gasteiger partial charge on any atom is 0.335 e. The van der Waals surface area contributed by atoms with E-state index in [1.807, 2.05) is 26.0 Å². The van der Waals surface area contributed by atoms with Crippen molar-refractivity contribution in [2.75, 3.05) is 5.43 Å². The van der Waals surface area contributed by atoms with Crippen molar-refractivity contribution in [1.82, 2.24) is 0 Å². The summed E-state index contributed by atoms with van der Waals surface area (Å²) in [6.07, 6.45) is 0.